The molecule has 0 heterocycles. The van der Waals surface area contributed by atoms with E-state index in [1.54, 1.807) is 25.3 Å². The van der Waals surface area contributed by atoms with Gasteiger partial charge in [0.25, 0.3) is 0 Å². The van der Waals surface area contributed by atoms with Crippen LogP contribution in [0.25, 0.3) is 0 Å². The normalized spacial score (nSPS) is 11.7. The number of aromatic hydroxyl groups is 1. The van der Waals surface area contributed by atoms with Crippen molar-refractivity contribution in [3.05, 3.63) is 83.4 Å². The average molecular weight is 522 g/mol. The van der Waals surface area contributed by atoms with Crippen LogP contribution >= 0.6 is 0 Å². The molecule has 0 bridgehead atoms. The molecule has 0 unspecified atom stereocenters. The standard InChI is InChI=1S/C31H39NO6/c1-36-30-19-24(12-16-28(30)35)10-14-26(33)21-27(34)15-11-25-13-17-29(31(20-25)37-2)38-22-32-18-6-9-23-7-4-3-5-8-23/h3-5,7-8,12-13,16-17,19-20,27,32,34-35H,6,9-11,14-15,18,21-22H2,1-2H3/t27-/m1/s1. The van der Waals surface area contributed by atoms with Crippen LogP contribution in [-0.4, -0.2) is 49.6 Å². The summed E-state index contributed by atoms with van der Waals surface area (Å²) in [5.41, 5.74) is 3.24. The number of hydrogen-bond donors (Lipinski definition) is 3. The van der Waals surface area contributed by atoms with Crippen molar-refractivity contribution in [2.24, 2.45) is 0 Å². The van der Waals surface area contributed by atoms with Gasteiger partial charge < -0.3 is 24.4 Å². The Balaban J connectivity index is 1.35. The zero-order chi connectivity index (χ0) is 27.2. The van der Waals surface area contributed by atoms with Crippen LogP contribution in [0.3, 0.4) is 0 Å². The van der Waals surface area contributed by atoms with Crippen LogP contribution < -0.4 is 19.5 Å². The molecule has 0 amide bonds. The van der Waals surface area contributed by atoms with Crippen LogP contribution in [0.5, 0.6) is 23.0 Å². The van der Waals surface area contributed by atoms with E-state index in [9.17, 15) is 15.0 Å². The number of carbonyl (C=O) groups is 1. The van der Waals surface area contributed by atoms with E-state index in [2.05, 4.69) is 29.6 Å². The number of benzene rings is 3. The highest BCUT2D eigenvalue weighted by Crippen LogP contribution is 2.29. The lowest BCUT2D eigenvalue weighted by Crippen LogP contribution is -2.21. The van der Waals surface area contributed by atoms with Crippen molar-refractivity contribution in [1.29, 1.82) is 0 Å². The summed E-state index contributed by atoms with van der Waals surface area (Å²) in [6.45, 7) is 1.25. The number of aliphatic hydroxyl groups is 1. The van der Waals surface area contributed by atoms with Gasteiger partial charge >= 0.3 is 0 Å². The number of nitrogens with one attached hydrogen (secondary N) is 1. The van der Waals surface area contributed by atoms with E-state index in [-0.39, 0.29) is 18.0 Å². The van der Waals surface area contributed by atoms with Gasteiger partial charge in [-0.15, -0.1) is 0 Å². The molecule has 7 heteroatoms. The summed E-state index contributed by atoms with van der Waals surface area (Å²) in [6.07, 6.45) is 3.41. The van der Waals surface area contributed by atoms with Crippen molar-refractivity contribution in [2.75, 3.05) is 27.5 Å². The van der Waals surface area contributed by atoms with E-state index >= 15 is 0 Å². The number of hydrogen-bond acceptors (Lipinski definition) is 7. The molecule has 3 aromatic rings. The lowest BCUT2D eigenvalue weighted by Gasteiger charge is -2.14. The molecular weight excluding hydrogens is 482 g/mol. The summed E-state index contributed by atoms with van der Waals surface area (Å²) < 4.78 is 16.5. The first-order valence-electron chi connectivity index (χ1n) is 13.1. The summed E-state index contributed by atoms with van der Waals surface area (Å²) in [6, 6.07) is 21.2. The first-order valence-corrected chi connectivity index (χ1v) is 13.1. The molecule has 3 aromatic carbocycles. The summed E-state index contributed by atoms with van der Waals surface area (Å²) in [7, 11) is 3.10. The number of ether oxygens (including phenoxy) is 3. The van der Waals surface area contributed by atoms with Crippen molar-refractivity contribution in [3.8, 4) is 23.0 Å². The van der Waals surface area contributed by atoms with Crippen LogP contribution in [0.1, 0.15) is 42.4 Å². The van der Waals surface area contributed by atoms with E-state index in [0.29, 0.717) is 49.7 Å². The van der Waals surface area contributed by atoms with E-state index < -0.39 is 6.10 Å². The highest BCUT2D eigenvalue weighted by atomic mass is 16.5. The van der Waals surface area contributed by atoms with Crippen molar-refractivity contribution in [2.45, 2.75) is 51.0 Å². The van der Waals surface area contributed by atoms with Gasteiger partial charge in [-0.2, -0.15) is 0 Å². The summed E-state index contributed by atoms with van der Waals surface area (Å²) in [5, 5.41) is 23.4. The van der Waals surface area contributed by atoms with Gasteiger partial charge in [-0.1, -0.05) is 42.5 Å². The van der Waals surface area contributed by atoms with Gasteiger partial charge in [0.05, 0.1) is 20.3 Å². The molecule has 0 aliphatic heterocycles. The van der Waals surface area contributed by atoms with Gasteiger partial charge in [-0.3, -0.25) is 10.1 Å². The average Bonchev–Trinajstić information content (AvgIpc) is 2.94. The molecule has 0 aromatic heterocycles. The minimum absolute atomic E-state index is 0.00198. The van der Waals surface area contributed by atoms with Crippen LogP contribution in [-0.2, 0) is 24.1 Å². The number of aliphatic hydroxyl groups excluding tert-OH is 1. The second-order valence-electron chi connectivity index (χ2n) is 9.30. The topological polar surface area (TPSA) is 97.3 Å². The number of aryl methyl sites for hydroxylation is 3. The molecule has 0 radical (unpaired) electrons. The van der Waals surface area contributed by atoms with Gasteiger partial charge in [0.1, 0.15) is 12.5 Å². The van der Waals surface area contributed by atoms with Crippen molar-refractivity contribution in [3.63, 3.8) is 0 Å². The third-order valence-corrected chi connectivity index (χ3v) is 6.39. The van der Waals surface area contributed by atoms with Crippen LogP contribution in [0.4, 0.5) is 0 Å². The lowest BCUT2D eigenvalue weighted by atomic mass is 10.00. The van der Waals surface area contributed by atoms with Crippen molar-refractivity contribution >= 4 is 5.78 Å². The second-order valence-corrected chi connectivity index (χ2v) is 9.30. The van der Waals surface area contributed by atoms with Gasteiger partial charge in [0.15, 0.2) is 23.0 Å². The van der Waals surface area contributed by atoms with Crippen LogP contribution in [0.15, 0.2) is 66.7 Å². The van der Waals surface area contributed by atoms with Crippen molar-refractivity contribution in [1.82, 2.24) is 5.32 Å². The maximum atomic E-state index is 12.4. The SMILES string of the molecule is COc1cc(CCC(=O)C[C@H](O)CCc2ccc(OCNCCCc3ccccc3)c(OC)c2)ccc1O. The first-order chi connectivity index (χ1) is 18.5. The molecule has 38 heavy (non-hydrogen) atoms. The predicted molar refractivity (Wildman–Crippen MR) is 148 cm³/mol. The number of ketones is 1. The number of phenolic OH excluding ortho intramolecular Hbond substituents is 1. The first kappa shape index (κ1) is 29.0. The molecule has 0 saturated carbocycles. The van der Waals surface area contributed by atoms with E-state index in [4.69, 9.17) is 14.2 Å². The Labute approximate surface area is 225 Å². The summed E-state index contributed by atoms with van der Waals surface area (Å²) >= 11 is 0. The maximum absolute atomic E-state index is 12.4. The molecule has 0 spiro atoms. The van der Waals surface area contributed by atoms with Crippen LogP contribution in [0.2, 0.25) is 0 Å². The van der Waals surface area contributed by atoms with Gasteiger partial charge in [0, 0.05) is 12.8 Å². The zero-order valence-electron chi connectivity index (χ0n) is 22.3. The summed E-state index contributed by atoms with van der Waals surface area (Å²) in [4.78, 5) is 12.4. The molecule has 3 N–H and O–H groups in total. The van der Waals surface area contributed by atoms with E-state index in [1.165, 1.54) is 12.7 Å². The number of methoxy groups -OCH3 is 2. The molecule has 204 valence electrons. The maximum Gasteiger partial charge on any atom is 0.163 e. The molecule has 1 atom stereocenters. The Bertz CT molecular complexity index is 1130. The largest absolute Gasteiger partial charge is 0.504 e. The molecular formula is C31H39NO6. The molecule has 0 aliphatic carbocycles. The quantitative estimate of drug-likeness (QED) is 0.173. The fraction of sp³-hybridized carbons (Fsp3) is 0.387. The van der Waals surface area contributed by atoms with Crippen molar-refractivity contribution < 1.29 is 29.2 Å². The molecule has 3 rings (SSSR count). The Morgan fingerprint density at radius 2 is 1.55 bits per heavy atom. The Hall–Kier alpha value is -3.55. The smallest absolute Gasteiger partial charge is 0.163 e. The number of Topliss-reactive ketones (excluding diaryl/α,β-unsaturated/α-hetero) is 1. The highest BCUT2D eigenvalue weighted by Gasteiger charge is 2.13. The number of rotatable bonds is 17. The Morgan fingerprint density at radius 3 is 2.32 bits per heavy atom. The van der Waals surface area contributed by atoms with Gasteiger partial charge in [-0.05, 0) is 79.6 Å². The third-order valence-electron chi connectivity index (χ3n) is 6.39. The minimum Gasteiger partial charge on any atom is -0.504 e. The fourth-order valence-electron chi connectivity index (χ4n) is 4.21. The molecule has 0 fully saturated rings. The fourth-order valence-corrected chi connectivity index (χ4v) is 4.21. The Morgan fingerprint density at radius 1 is 0.842 bits per heavy atom. The predicted octanol–water partition coefficient (Wildman–Crippen LogP) is 4.85. The number of carbonyl (C=O) groups excluding carboxylic acids is 1. The lowest BCUT2D eigenvalue weighted by molar-refractivity contribution is -0.121. The van der Waals surface area contributed by atoms with Gasteiger partial charge in [0.2, 0.25) is 0 Å². The minimum atomic E-state index is -0.709. The monoisotopic (exact) mass is 521 g/mol. The number of phenols is 1. The molecule has 0 saturated heterocycles. The second kappa shape index (κ2) is 15.6. The van der Waals surface area contributed by atoms with Gasteiger partial charge in [-0.25, -0.2) is 0 Å². The molecule has 7 nitrogen and oxygen atoms in total. The third kappa shape index (κ3) is 9.72. The zero-order valence-corrected chi connectivity index (χ0v) is 22.3. The Kier molecular flexibility index (Phi) is 11.9. The highest BCUT2D eigenvalue weighted by molar-refractivity contribution is 5.79. The van der Waals surface area contributed by atoms with E-state index in [1.807, 2.05) is 24.3 Å². The van der Waals surface area contributed by atoms with E-state index in [0.717, 1.165) is 30.5 Å². The van der Waals surface area contributed by atoms with Crippen LogP contribution in [0, 0.1) is 0 Å². The summed E-state index contributed by atoms with van der Waals surface area (Å²) in [5.74, 6) is 1.76. The molecule has 0 aliphatic rings.